The summed E-state index contributed by atoms with van der Waals surface area (Å²) < 4.78 is 0. The smallest absolute Gasteiger partial charge is 0.0213 e. The number of alkyl halides is 2. The van der Waals surface area contributed by atoms with Gasteiger partial charge in [0.05, 0.1) is 0 Å². The van der Waals surface area contributed by atoms with Gasteiger partial charge in [-0.1, -0.05) is 31.9 Å². The molecule has 4 atom stereocenters. The second kappa shape index (κ2) is 2.23. The molecule has 0 nitrogen and oxygen atoms in total. The highest BCUT2D eigenvalue weighted by Crippen LogP contribution is 2.51. The standard InChI is InChI=1S/C7H10Br2/c8-6-3-4-1-2-5(6)7(4)9/h4-7H,1-3H2/t4-,5+,6-,7+/m1/s1. The fourth-order valence-electron chi connectivity index (χ4n) is 2.17. The Kier molecular flexibility index (Phi) is 1.65. The van der Waals surface area contributed by atoms with E-state index < -0.39 is 0 Å². The van der Waals surface area contributed by atoms with Gasteiger partial charge in [0.1, 0.15) is 0 Å². The molecule has 0 radical (unpaired) electrons. The van der Waals surface area contributed by atoms with Gasteiger partial charge in [0.15, 0.2) is 0 Å². The zero-order valence-electron chi connectivity index (χ0n) is 5.19. The third-order valence-corrected chi connectivity index (χ3v) is 5.20. The average Bonchev–Trinajstić information content (AvgIpc) is 2.25. The summed E-state index contributed by atoms with van der Waals surface area (Å²) >= 11 is 7.45. The molecule has 0 aromatic heterocycles. The predicted molar refractivity (Wildman–Crippen MR) is 46.3 cm³/mol. The largest absolute Gasteiger partial charge is 0.0887 e. The van der Waals surface area contributed by atoms with Crippen LogP contribution in [0.4, 0.5) is 0 Å². The van der Waals surface area contributed by atoms with Crippen LogP contribution in [-0.4, -0.2) is 9.65 Å². The lowest BCUT2D eigenvalue weighted by atomic mass is 10.0. The molecular formula is C7H10Br2. The van der Waals surface area contributed by atoms with Crippen molar-refractivity contribution in [2.45, 2.75) is 28.9 Å². The van der Waals surface area contributed by atoms with Crippen molar-refractivity contribution < 1.29 is 0 Å². The van der Waals surface area contributed by atoms with Crippen molar-refractivity contribution in [3.05, 3.63) is 0 Å². The van der Waals surface area contributed by atoms with Gasteiger partial charge in [-0.3, -0.25) is 0 Å². The normalized spacial score (nSPS) is 56.7. The van der Waals surface area contributed by atoms with E-state index in [0.717, 1.165) is 21.5 Å². The van der Waals surface area contributed by atoms with Crippen molar-refractivity contribution in [3.8, 4) is 0 Å². The Morgan fingerprint density at radius 1 is 1.11 bits per heavy atom. The molecule has 0 heterocycles. The molecular weight excluding hydrogens is 244 g/mol. The van der Waals surface area contributed by atoms with Gasteiger partial charge in [0.25, 0.3) is 0 Å². The number of fused-ring (bicyclic) bond motifs is 2. The molecule has 2 aliphatic rings. The van der Waals surface area contributed by atoms with Gasteiger partial charge in [0.2, 0.25) is 0 Å². The van der Waals surface area contributed by atoms with Crippen molar-refractivity contribution >= 4 is 31.9 Å². The Balaban J connectivity index is 2.16. The average molecular weight is 254 g/mol. The van der Waals surface area contributed by atoms with E-state index in [-0.39, 0.29) is 0 Å². The van der Waals surface area contributed by atoms with Crippen molar-refractivity contribution in [1.29, 1.82) is 0 Å². The zero-order valence-corrected chi connectivity index (χ0v) is 8.36. The molecule has 2 bridgehead atoms. The molecule has 9 heavy (non-hydrogen) atoms. The number of rotatable bonds is 0. The van der Waals surface area contributed by atoms with Gasteiger partial charge in [-0.25, -0.2) is 0 Å². The van der Waals surface area contributed by atoms with Crippen molar-refractivity contribution in [3.63, 3.8) is 0 Å². The first-order chi connectivity index (χ1) is 4.29. The van der Waals surface area contributed by atoms with Gasteiger partial charge < -0.3 is 0 Å². The van der Waals surface area contributed by atoms with Gasteiger partial charge in [0, 0.05) is 9.65 Å². The third kappa shape index (κ3) is 0.900. The Bertz CT molecular complexity index is 124. The highest BCUT2D eigenvalue weighted by atomic mass is 79.9. The molecule has 0 aromatic carbocycles. The molecule has 0 unspecified atom stereocenters. The first-order valence-corrected chi connectivity index (χ1v) is 5.40. The van der Waals surface area contributed by atoms with Crippen molar-refractivity contribution in [1.82, 2.24) is 0 Å². The maximum Gasteiger partial charge on any atom is 0.0213 e. The lowest BCUT2D eigenvalue weighted by molar-refractivity contribution is 0.497. The first-order valence-electron chi connectivity index (χ1n) is 3.57. The van der Waals surface area contributed by atoms with Crippen LogP contribution in [0.25, 0.3) is 0 Å². The summed E-state index contributed by atoms with van der Waals surface area (Å²) in [6.45, 7) is 0. The van der Waals surface area contributed by atoms with Gasteiger partial charge in [-0.05, 0) is 31.1 Å². The van der Waals surface area contributed by atoms with E-state index in [2.05, 4.69) is 31.9 Å². The highest BCUT2D eigenvalue weighted by molar-refractivity contribution is 9.10. The molecule has 0 amide bonds. The van der Waals surface area contributed by atoms with Crippen LogP contribution in [-0.2, 0) is 0 Å². The van der Waals surface area contributed by atoms with Gasteiger partial charge in [-0.15, -0.1) is 0 Å². The lowest BCUT2D eigenvalue weighted by Gasteiger charge is -2.13. The second-order valence-electron chi connectivity index (χ2n) is 3.20. The van der Waals surface area contributed by atoms with Crippen molar-refractivity contribution in [2.75, 3.05) is 0 Å². The van der Waals surface area contributed by atoms with Crippen LogP contribution in [0.2, 0.25) is 0 Å². The molecule has 0 spiro atoms. The molecule has 2 rings (SSSR count). The van der Waals surface area contributed by atoms with Crippen LogP contribution in [0, 0.1) is 11.8 Å². The van der Waals surface area contributed by atoms with Crippen LogP contribution in [0.15, 0.2) is 0 Å². The minimum absolute atomic E-state index is 0.820. The summed E-state index contributed by atoms with van der Waals surface area (Å²) in [7, 11) is 0. The summed E-state index contributed by atoms with van der Waals surface area (Å²) in [6.07, 6.45) is 4.31. The fraction of sp³-hybridized carbons (Fsp3) is 1.00. The monoisotopic (exact) mass is 252 g/mol. The van der Waals surface area contributed by atoms with Crippen molar-refractivity contribution in [2.24, 2.45) is 11.8 Å². The van der Waals surface area contributed by atoms with E-state index in [0.29, 0.717) is 0 Å². The molecule has 2 fully saturated rings. The number of halogens is 2. The quantitative estimate of drug-likeness (QED) is 0.583. The molecule has 52 valence electrons. The lowest BCUT2D eigenvalue weighted by Crippen LogP contribution is -2.10. The zero-order chi connectivity index (χ0) is 6.43. The maximum atomic E-state index is 3.74. The molecule has 0 aromatic rings. The van der Waals surface area contributed by atoms with Crippen LogP contribution in [0.3, 0.4) is 0 Å². The summed E-state index contributed by atoms with van der Waals surface area (Å²) in [5.74, 6) is 1.93. The Morgan fingerprint density at radius 3 is 2.11 bits per heavy atom. The number of hydrogen-bond donors (Lipinski definition) is 0. The first kappa shape index (κ1) is 6.66. The highest BCUT2D eigenvalue weighted by Gasteiger charge is 2.45. The van der Waals surface area contributed by atoms with Crippen LogP contribution >= 0.6 is 31.9 Å². The van der Waals surface area contributed by atoms with Crippen LogP contribution < -0.4 is 0 Å². The Labute approximate surface area is 72.7 Å². The fourth-order valence-corrected chi connectivity index (χ4v) is 4.76. The van der Waals surface area contributed by atoms with E-state index in [1.807, 2.05) is 0 Å². The third-order valence-electron chi connectivity index (χ3n) is 2.72. The van der Waals surface area contributed by atoms with Gasteiger partial charge in [-0.2, -0.15) is 0 Å². The molecule has 2 heteroatoms. The van der Waals surface area contributed by atoms with Crippen LogP contribution in [0.1, 0.15) is 19.3 Å². The topological polar surface area (TPSA) is 0 Å². The van der Waals surface area contributed by atoms with Crippen LogP contribution in [0.5, 0.6) is 0 Å². The summed E-state index contributed by atoms with van der Waals surface area (Å²) in [5.41, 5.74) is 0. The van der Waals surface area contributed by atoms with E-state index in [1.54, 1.807) is 0 Å². The molecule has 0 saturated heterocycles. The number of hydrogen-bond acceptors (Lipinski definition) is 0. The predicted octanol–water partition coefficient (Wildman–Crippen LogP) is 2.94. The summed E-state index contributed by atoms with van der Waals surface area (Å²) in [4.78, 5) is 1.66. The molecule has 2 saturated carbocycles. The minimum atomic E-state index is 0.820. The molecule has 2 aliphatic carbocycles. The molecule has 0 aliphatic heterocycles. The molecule has 0 N–H and O–H groups in total. The van der Waals surface area contributed by atoms with E-state index in [4.69, 9.17) is 0 Å². The van der Waals surface area contributed by atoms with E-state index >= 15 is 0 Å². The summed E-state index contributed by atoms with van der Waals surface area (Å²) in [5, 5.41) is 0. The van der Waals surface area contributed by atoms with Gasteiger partial charge >= 0.3 is 0 Å². The second-order valence-corrected chi connectivity index (χ2v) is 5.43. The van der Waals surface area contributed by atoms with E-state index in [9.17, 15) is 0 Å². The maximum absolute atomic E-state index is 3.74. The van der Waals surface area contributed by atoms with E-state index in [1.165, 1.54) is 19.3 Å². The minimum Gasteiger partial charge on any atom is -0.0887 e. The Morgan fingerprint density at radius 2 is 1.89 bits per heavy atom. The Hall–Kier alpha value is 0.960. The SMILES string of the molecule is Br[C@H]1[C@@H]2CC[C@H]1[C@H](Br)C2. The summed E-state index contributed by atoms with van der Waals surface area (Å²) in [6, 6.07) is 0.